The molecule has 130 valence electrons. The predicted octanol–water partition coefficient (Wildman–Crippen LogP) is 2.74. The molecule has 0 N–H and O–H groups in total. The van der Waals surface area contributed by atoms with E-state index >= 15 is 0 Å². The van der Waals surface area contributed by atoms with Crippen molar-refractivity contribution in [2.24, 2.45) is 0 Å². The highest BCUT2D eigenvalue weighted by molar-refractivity contribution is 5.99. The number of carbonyl (C=O) groups is 2. The topological polar surface area (TPSA) is 49.9 Å². The number of benzene rings is 2. The van der Waals surface area contributed by atoms with Gasteiger partial charge in [-0.3, -0.25) is 9.59 Å². The molecule has 0 atom stereocenters. The molecule has 7 heteroatoms. The molecule has 0 spiro atoms. The summed E-state index contributed by atoms with van der Waals surface area (Å²) in [6.45, 7) is 0.0267. The third-order valence-electron chi connectivity index (χ3n) is 4.00. The molecular formula is C18H16F2N2O3. The average molecular weight is 346 g/mol. The van der Waals surface area contributed by atoms with Crippen LogP contribution in [-0.4, -0.2) is 32.0 Å². The lowest BCUT2D eigenvalue weighted by atomic mass is 10.2. The number of halogens is 2. The predicted molar refractivity (Wildman–Crippen MR) is 88.7 cm³/mol. The Kier molecular flexibility index (Phi) is 4.65. The molecule has 1 aliphatic rings. The smallest absolute Gasteiger partial charge is 0.265 e. The number of ether oxygens (including phenoxy) is 1. The second-order valence-electron chi connectivity index (χ2n) is 5.60. The van der Waals surface area contributed by atoms with Crippen molar-refractivity contribution in [3.8, 4) is 5.75 Å². The van der Waals surface area contributed by atoms with Gasteiger partial charge in [0.15, 0.2) is 6.61 Å². The zero-order valence-electron chi connectivity index (χ0n) is 13.5. The third kappa shape index (κ3) is 3.45. The van der Waals surface area contributed by atoms with Gasteiger partial charge in [0.2, 0.25) is 5.91 Å². The first-order chi connectivity index (χ1) is 12.0. The molecule has 2 aromatic rings. The molecule has 0 aliphatic carbocycles. The van der Waals surface area contributed by atoms with Crippen molar-refractivity contribution >= 4 is 23.2 Å². The number of hydrogen-bond acceptors (Lipinski definition) is 3. The minimum Gasteiger partial charge on any atom is -0.482 e. The minimum absolute atomic E-state index is 0.0352. The number of anilines is 2. The van der Waals surface area contributed by atoms with E-state index in [0.29, 0.717) is 11.4 Å². The van der Waals surface area contributed by atoms with Crippen LogP contribution < -0.4 is 14.5 Å². The number of fused-ring (bicyclic) bond motifs is 1. The SMILES string of the molecule is CN(C(=O)CCN1C(=O)COc2ccccc21)c1cc(F)ccc1F. The Balaban J connectivity index is 1.72. The Morgan fingerprint density at radius 1 is 1.24 bits per heavy atom. The summed E-state index contributed by atoms with van der Waals surface area (Å²) in [5.74, 6) is -1.44. The molecule has 1 heterocycles. The van der Waals surface area contributed by atoms with Gasteiger partial charge in [0.1, 0.15) is 17.4 Å². The van der Waals surface area contributed by atoms with E-state index in [1.54, 1.807) is 24.3 Å². The molecule has 0 saturated carbocycles. The molecule has 0 saturated heterocycles. The van der Waals surface area contributed by atoms with E-state index < -0.39 is 17.5 Å². The van der Waals surface area contributed by atoms with Crippen molar-refractivity contribution in [2.75, 3.05) is 30.0 Å². The van der Waals surface area contributed by atoms with Gasteiger partial charge < -0.3 is 14.5 Å². The molecule has 5 nitrogen and oxygen atoms in total. The Bertz CT molecular complexity index is 826. The molecule has 25 heavy (non-hydrogen) atoms. The standard InChI is InChI=1S/C18H16F2N2O3/c1-21(15-10-12(19)6-7-13(15)20)17(23)8-9-22-14-4-2-3-5-16(14)25-11-18(22)24/h2-7,10H,8-9,11H2,1H3. The highest BCUT2D eigenvalue weighted by atomic mass is 19.1. The fourth-order valence-electron chi connectivity index (χ4n) is 2.65. The maximum atomic E-state index is 13.8. The largest absolute Gasteiger partial charge is 0.482 e. The van der Waals surface area contributed by atoms with Crippen LogP contribution in [0.4, 0.5) is 20.2 Å². The number of amides is 2. The number of para-hydroxylation sites is 2. The third-order valence-corrected chi connectivity index (χ3v) is 4.00. The number of nitrogens with zero attached hydrogens (tertiary/aromatic N) is 2. The molecular weight excluding hydrogens is 330 g/mol. The lowest BCUT2D eigenvalue weighted by Gasteiger charge is -2.29. The van der Waals surface area contributed by atoms with E-state index in [1.807, 2.05) is 0 Å². The zero-order chi connectivity index (χ0) is 18.0. The molecule has 0 fully saturated rings. The van der Waals surface area contributed by atoms with Gasteiger partial charge in [-0.1, -0.05) is 12.1 Å². The van der Waals surface area contributed by atoms with Gasteiger partial charge >= 0.3 is 0 Å². The number of hydrogen-bond donors (Lipinski definition) is 0. The summed E-state index contributed by atoms with van der Waals surface area (Å²) in [5.41, 5.74) is 0.449. The molecule has 0 unspecified atom stereocenters. The highest BCUT2D eigenvalue weighted by Gasteiger charge is 2.26. The van der Waals surface area contributed by atoms with Crippen molar-refractivity contribution in [2.45, 2.75) is 6.42 Å². The first-order valence-corrected chi connectivity index (χ1v) is 7.71. The van der Waals surface area contributed by atoms with Crippen LogP contribution in [0.25, 0.3) is 0 Å². The van der Waals surface area contributed by atoms with Crippen molar-refractivity contribution < 1.29 is 23.1 Å². The molecule has 2 aromatic carbocycles. The zero-order valence-corrected chi connectivity index (χ0v) is 13.5. The van der Waals surface area contributed by atoms with Crippen LogP contribution in [-0.2, 0) is 9.59 Å². The first kappa shape index (κ1) is 16.9. The van der Waals surface area contributed by atoms with E-state index in [4.69, 9.17) is 4.74 Å². The van der Waals surface area contributed by atoms with Gasteiger partial charge in [-0.05, 0) is 24.3 Å². The van der Waals surface area contributed by atoms with Crippen LogP contribution in [0.2, 0.25) is 0 Å². The Morgan fingerprint density at radius 3 is 2.80 bits per heavy atom. The molecule has 0 aromatic heterocycles. The van der Waals surface area contributed by atoms with Crippen LogP contribution in [0.15, 0.2) is 42.5 Å². The molecule has 0 bridgehead atoms. The van der Waals surface area contributed by atoms with E-state index in [0.717, 1.165) is 23.1 Å². The summed E-state index contributed by atoms with van der Waals surface area (Å²) in [6.07, 6.45) is -0.0352. The maximum Gasteiger partial charge on any atom is 0.265 e. The summed E-state index contributed by atoms with van der Waals surface area (Å²) in [6, 6.07) is 9.94. The average Bonchev–Trinajstić information content (AvgIpc) is 2.62. The molecule has 1 aliphatic heterocycles. The highest BCUT2D eigenvalue weighted by Crippen LogP contribution is 2.31. The van der Waals surface area contributed by atoms with E-state index in [2.05, 4.69) is 0 Å². The van der Waals surface area contributed by atoms with Crippen LogP contribution in [0.1, 0.15) is 6.42 Å². The Hall–Kier alpha value is -2.96. The Morgan fingerprint density at radius 2 is 2.00 bits per heavy atom. The maximum absolute atomic E-state index is 13.8. The lowest BCUT2D eigenvalue weighted by molar-refractivity contribution is -0.121. The van der Waals surface area contributed by atoms with Crippen LogP contribution in [0.3, 0.4) is 0 Å². The molecule has 2 amide bonds. The molecule has 0 radical (unpaired) electrons. The monoisotopic (exact) mass is 346 g/mol. The Labute approximate surface area is 143 Å². The van der Waals surface area contributed by atoms with E-state index in [1.165, 1.54) is 11.9 Å². The van der Waals surface area contributed by atoms with Crippen molar-refractivity contribution in [3.63, 3.8) is 0 Å². The van der Waals surface area contributed by atoms with Crippen LogP contribution in [0.5, 0.6) is 5.75 Å². The van der Waals surface area contributed by atoms with E-state index in [9.17, 15) is 18.4 Å². The quantitative estimate of drug-likeness (QED) is 0.855. The van der Waals surface area contributed by atoms with E-state index in [-0.39, 0.29) is 31.2 Å². The van der Waals surface area contributed by atoms with Gasteiger partial charge in [-0.15, -0.1) is 0 Å². The fourth-order valence-corrected chi connectivity index (χ4v) is 2.65. The molecule has 3 rings (SSSR count). The van der Waals surface area contributed by atoms with Crippen LogP contribution >= 0.6 is 0 Å². The van der Waals surface area contributed by atoms with Gasteiger partial charge in [-0.2, -0.15) is 0 Å². The van der Waals surface area contributed by atoms with Crippen molar-refractivity contribution in [3.05, 3.63) is 54.1 Å². The fraction of sp³-hybridized carbons (Fsp3) is 0.222. The normalized spacial score (nSPS) is 13.2. The number of carbonyl (C=O) groups excluding carboxylic acids is 2. The van der Waals surface area contributed by atoms with Crippen molar-refractivity contribution in [1.82, 2.24) is 0 Å². The van der Waals surface area contributed by atoms with Gasteiger partial charge in [0.25, 0.3) is 5.91 Å². The second-order valence-corrected chi connectivity index (χ2v) is 5.60. The summed E-state index contributed by atoms with van der Waals surface area (Å²) >= 11 is 0. The summed E-state index contributed by atoms with van der Waals surface area (Å²) in [4.78, 5) is 26.9. The van der Waals surface area contributed by atoms with Gasteiger partial charge in [0, 0.05) is 26.1 Å². The van der Waals surface area contributed by atoms with Gasteiger partial charge in [0.05, 0.1) is 11.4 Å². The number of rotatable bonds is 4. The second kappa shape index (κ2) is 6.88. The van der Waals surface area contributed by atoms with Crippen molar-refractivity contribution in [1.29, 1.82) is 0 Å². The van der Waals surface area contributed by atoms with Gasteiger partial charge in [-0.25, -0.2) is 8.78 Å². The first-order valence-electron chi connectivity index (χ1n) is 7.71. The van der Waals surface area contributed by atoms with Crippen LogP contribution in [0, 0.1) is 11.6 Å². The summed E-state index contributed by atoms with van der Waals surface area (Å²) in [7, 11) is 1.37. The summed E-state index contributed by atoms with van der Waals surface area (Å²) in [5, 5.41) is 0. The lowest BCUT2D eigenvalue weighted by Crippen LogP contribution is -2.41. The minimum atomic E-state index is -0.690. The summed E-state index contributed by atoms with van der Waals surface area (Å²) < 4.78 is 32.4.